The summed E-state index contributed by atoms with van der Waals surface area (Å²) in [6.45, 7) is 4.72. The first-order valence-corrected chi connectivity index (χ1v) is 5.87. The quantitative estimate of drug-likeness (QED) is 0.849. The van der Waals surface area contributed by atoms with E-state index < -0.39 is 23.5 Å². The van der Waals surface area contributed by atoms with Gasteiger partial charge in [-0.1, -0.05) is 13.8 Å². The number of nitriles is 1. The topological polar surface area (TPSA) is 45.0 Å². The molecule has 1 aromatic rings. The van der Waals surface area contributed by atoms with E-state index in [1.165, 1.54) is 12.1 Å². The van der Waals surface area contributed by atoms with Crippen molar-refractivity contribution in [2.24, 2.45) is 0 Å². The van der Waals surface area contributed by atoms with E-state index in [0.29, 0.717) is 25.1 Å². The van der Waals surface area contributed by atoms with Crippen molar-refractivity contribution in [3.05, 3.63) is 29.3 Å². The summed E-state index contributed by atoms with van der Waals surface area (Å²) in [5.41, 5.74) is 0.504. The molecule has 18 heavy (non-hydrogen) atoms. The van der Waals surface area contributed by atoms with Crippen LogP contribution in [0.1, 0.15) is 25.8 Å². The van der Waals surface area contributed by atoms with E-state index in [4.69, 9.17) is 10.00 Å². The molecule has 3 nitrogen and oxygen atoms in total. The zero-order chi connectivity index (χ0) is 13.5. The molecule has 0 saturated carbocycles. The van der Waals surface area contributed by atoms with Gasteiger partial charge in [0.05, 0.1) is 0 Å². The molecular weight excluding hydrogens is 238 g/mol. The fourth-order valence-corrected chi connectivity index (χ4v) is 1.44. The molecule has 0 saturated heterocycles. The molecule has 0 spiro atoms. The lowest BCUT2D eigenvalue weighted by Crippen LogP contribution is -2.16. The van der Waals surface area contributed by atoms with Crippen LogP contribution in [0.5, 0.6) is 5.75 Å². The molecule has 1 N–H and O–H groups in total. The van der Waals surface area contributed by atoms with Crippen LogP contribution in [-0.2, 0) is 6.54 Å². The molecule has 0 aliphatic carbocycles. The van der Waals surface area contributed by atoms with Crippen LogP contribution in [0.3, 0.4) is 0 Å². The van der Waals surface area contributed by atoms with Gasteiger partial charge < -0.3 is 10.1 Å². The van der Waals surface area contributed by atoms with Crippen molar-refractivity contribution in [3.8, 4) is 11.8 Å². The van der Waals surface area contributed by atoms with Crippen LogP contribution < -0.4 is 10.1 Å². The molecule has 0 bridgehead atoms. The van der Waals surface area contributed by atoms with Gasteiger partial charge in [0.1, 0.15) is 6.07 Å². The van der Waals surface area contributed by atoms with Crippen molar-refractivity contribution in [2.75, 3.05) is 6.54 Å². The first-order chi connectivity index (χ1) is 8.62. The van der Waals surface area contributed by atoms with E-state index in [1.807, 2.05) is 13.0 Å². The van der Waals surface area contributed by atoms with Crippen molar-refractivity contribution in [2.45, 2.75) is 32.9 Å². The fraction of sp³-hybridized carbons (Fsp3) is 0.462. The van der Waals surface area contributed by atoms with E-state index in [0.717, 1.165) is 0 Å². The first-order valence-electron chi connectivity index (χ1n) is 5.87. The smallest absolute Gasteiger partial charge is 0.192 e. The molecule has 5 heteroatoms. The Balaban J connectivity index is 2.91. The zero-order valence-electron chi connectivity index (χ0n) is 10.5. The van der Waals surface area contributed by atoms with E-state index in [2.05, 4.69) is 5.32 Å². The van der Waals surface area contributed by atoms with E-state index in [1.54, 1.807) is 6.92 Å². The van der Waals surface area contributed by atoms with E-state index in [9.17, 15) is 8.78 Å². The molecule has 1 rings (SSSR count). The lowest BCUT2D eigenvalue weighted by atomic mass is 10.2. The summed E-state index contributed by atoms with van der Waals surface area (Å²) in [7, 11) is 0. The highest BCUT2D eigenvalue weighted by atomic mass is 19.1. The Bertz CT molecular complexity index is 420. The SMILES string of the molecule is CCNCc1cc(F)c(OC(C#N)CC)c(F)c1. The van der Waals surface area contributed by atoms with Gasteiger partial charge in [-0.3, -0.25) is 0 Å². The number of rotatable bonds is 6. The van der Waals surface area contributed by atoms with Gasteiger partial charge in [0, 0.05) is 6.54 Å². The second-order valence-corrected chi connectivity index (χ2v) is 3.81. The number of nitrogens with zero attached hydrogens (tertiary/aromatic N) is 1. The van der Waals surface area contributed by atoms with Crippen LogP contribution in [-0.4, -0.2) is 12.6 Å². The minimum atomic E-state index is -0.839. The van der Waals surface area contributed by atoms with E-state index >= 15 is 0 Å². The number of benzene rings is 1. The monoisotopic (exact) mass is 254 g/mol. The molecule has 0 amide bonds. The fourth-order valence-electron chi connectivity index (χ4n) is 1.44. The maximum absolute atomic E-state index is 13.7. The highest BCUT2D eigenvalue weighted by molar-refractivity contribution is 5.32. The van der Waals surface area contributed by atoms with Gasteiger partial charge in [0.2, 0.25) is 0 Å². The number of halogens is 2. The molecule has 0 radical (unpaired) electrons. The Morgan fingerprint density at radius 2 is 1.94 bits per heavy atom. The third-order valence-electron chi connectivity index (χ3n) is 2.41. The average molecular weight is 254 g/mol. The predicted molar refractivity (Wildman–Crippen MR) is 64.1 cm³/mol. The van der Waals surface area contributed by atoms with Crippen LogP contribution in [0.25, 0.3) is 0 Å². The first kappa shape index (κ1) is 14.4. The van der Waals surface area contributed by atoms with Crippen molar-refractivity contribution in [3.63, 3.8) is 0 Å². The summed E-state index contributed by atoms with van der Waals surface area (Å²) in [6.07, 6.45) is -0.470. The maximum atomic E-state index is 13.7. The van der Waals surface area contributed by atoms with Gasteiger partial charge >= 0.3 is 0 Å². The third-order valence-corrected chi connectivity index (χ3v) is 2.41. The Kier molecular flexibility index (Phi) is 5.53. The van der Waals surface area contributed by atoms with Crippen LogP contribution in [0, 0.1) is 23.0 Å². The maximum Gasteiger partial charge on any atom is 0.192 e. The van der Waals surface area contributed by atoms with Gasteiger partial charge in [-0.2, -0.15) is 5.26 Å². The molecule has 0 fully saturated rings. The number of hydrogen-bond donors (Lipinski definition) is 1. The summed E-state index contributed by atoms with van der Waals surface area (Å²) in [4.78, 5) is 0. The molecule has 1 unspecified atom stereocenters. The van der Waals surface area contributed by atoms with Gasteiger partial charge in [-0.15, -0.1) is 0 Å². The highest BCUT2D eigenvalue weighted by Gasteiger charge is 2.16. The average Bonchev–Trinajstić information content (AvgIpc) is 2.36. The molecule has 1 aromatic carbocycles. The lowest BCUT2D eigenvalue weighted by Gasteiger charge is -2.13. The number of hydrogen-bond acceptors (Lipinski definition) is 3. The van der Waals surface area contributed by atoms with Crippen LogP contribution in [0.2, 0.25) is 0 Å². The second-order valence-electron chi connectivity index (χ2n) is 3.81. The standard InChI is InChI=1S/C13H16F2N2O/c1-3-10(7-16)18-13-11(14)5-9(6-12(13)15)8-17-4-2/h5-6,10,17H,3-4,8H2,1-2H3. The summed E-state index contributed by atoms with van der Waals surface area (Å²) in [5, 5.41) is 11.7. The predicted octanol–water partition coefficient (Wildman–Crippen LogP) is 2.76. The van der Waals surface area contributed by atoms with Crippen molar-refractivity contribution in [1.29, 1.82) is 5.26 Å². The van der Waals surface area contributed by atoms with E-state index in [-0.39, 0.29) is 0 Å². The largest absolute Gasteiger partial charge is 0.469 e. The summed E-state index contributed by atoms with van der Waals surface area (Å²) < 4.78 is 32.3. The van der Waals surface area contributed by atoms with Gasteiger partial charge in [0.15, 0.2) is 23.5 Å². The lowest BCUT2D eigenvalue weighted by molar-refractivity contribution is 0.228. The summed E-state index contributed by atoms with van der Waals surface area (Å²) in [5.74, 6) is -2.04. The number of ether oxygens (including phenoxy) is 1. The minimum Gasteiger partial charge on any atom is -0.469 e. The van der Waals surface area contributed by atoms with Gasteiger partial charge in [-0.05, 0) is 30.7 Å². The molecule has 0 aliphatic rings. The molecule has 0 aromatic heterocycles. The normalized spacial score (nSPS) is 11.9. The minimum absolute atomic E-state index is 0.370. The second kappa shape index (κ2) is 6.92. The van der Waals surface area contributed by atoms with Crippen LogP contribution >= 0.6 is 0 Å². The summed E-state index contributed by atoms with van der Waals surface area (Å²) >= 11 is 0. The third kappa shape index (κ3) is 3.67. The number of nitrogens with one attached hydrogen (secondary N) is 1. The summed E-state index contributed by atoms with van der Waals surface area (Å²) in [6, 6.07) is 4.26. The Labute approximate surface area is 105 Å². The van der Waals surface area contributed by atoms with Gasteiger partial charge in [0.25, 0.3) is 0 Å². The molecular formula is C13H16F2N2O. The molecule has 0 heterocycles. The Morgan fingerprint density at radius 1 is 1.33 bits per heavy atom. The zero-order valence-corrected chi connectivity index (χ0v) is 10.5. The van der Waals surface area contributed by atoms with Crippen molar-refractivity contribution in [1.82, 2.24) is 5.32 Å². The Hall–Kier alpha value is -1.67. The molecule has 1 atom stereocenters. The highest BCUT2D eigenvalue weighted by Crippen LogP contribution is 2.24. The van der Waals surface area contributed by atoms with Crippen molar-refractivity contribution >= 4 is 0 Å². The van der Waals surface area contributed by atoms with Crippen molar-refractivity contribution < 1.29 is 13.5 Å². The molecule has 98 valence electrons. The van der Waals surface area contributed by atoms with Crippen LogP contribution in [0.15, 0.2) is 12.1 Å². The van der Waals surface area contributed by atoms with Gasteiger partial charge in [-0.25, -0.2) is 8.78 Å². The molecule has 0 aliphatic heterocycles. The Morgan fingerprint density at radius 3 is 2.39 bits per heavy atom. The van der Waals surface area contributed by atoms with Crippen LogP contribution in [0.4, 0.5) is 8.78 Å².